The fraction of sp³-hybridized carbons (Fsp3) is 0.0667. The van der Waals surface area contributed by atoms with Gasteiger partial charge in [0.15, 0.2) is 5.58 Å². The number of rotatable bonds is 4. The third kappa shape index (κ3) is 2.61. The summed E-state index contributed by atoms with van der Waals surface area (Å²) in [7, 11) is 0. The van der Waals surface area contributed by atoms with Crippen molar-refractivity contribution in [3.63, 3.8) is 0 Å². The van der Waals surface area contributed by atoms with Crippen molar-refractivity contribution in [1.29, 1.82) is 0 Å². The first kappa shape index (κ1) is 14.4. The molecule has 4 rings (SSSR count). The number of aromatic nitrogens is 3. The van der Waals surface area contributed by atoms with Gasteiger partial charge in [-0.05, 0) is 23.6 Å². The molecule has 0 saturated heterocycles. The number of benzene rings is 1. The van der Waals surface area contributed by atoms with E-state index in [1.807, 2.05) is 16.8 Å². The van der Waals surface area contributed by atoms with Crippen molar-refractivity contribution in [3.05, 3.63) is 51.6 Å². The molecule has 0 bridgehead atoms. The van der Waals surface area contributed by atoms with E-state index in [1.165, 1.54) is 15.9 Å². The summed E-state index contributed by atoms with van der Waals surface area (Å²) in [6.45, 7) is -0.216. The number of anilines is 1. The highest BCUT2D eigenvalue weighted by Gasteiger charge is 2.15. The van der Waals surface area contributed by atoms with E-state index >= 15 is 0 Å². The number of carbonyl (C=O) groups excluding carboxylic acids is 1. The number of para-hydroxylation sites is 2. The zero-order valence-electron chi connectivity index (χ0n) is 12.1. The van der Waals surface area contributed by atoms with Gasteiger partial charge in [-0.15, -0.1) is 5.10 Å². The van der Waals surface area contributed by atoms with Gasteiger partial charge < -0.3 is 8.83 Å². The highest BCUT2D eigenvalue weighted by atomic mass is 32.1. The molecule has 3 aromatic heterocycles. The Kier molecular flexibility index (Phi) is 3.47. The van der Waals surface area contributed by atoms with Crippen molar-refractivity contribution >= 4 is 34.4 Å². The Balaban J connectivity index is 1.52. The topological polar surface area (TPSA) is 103 Å². The summed E-state index contributed by atoms with van der Waals surface area (Å²) >= 11 is 1.50. The molecular weight excluding hydrogens is 332 g/mol. The average Bonchev–Trinajstić information content (AvgIpc) is 3.28. The van der Waals surface area contributed by atoms with Crippen LogP contribution < -0.4 is 11.1 Å². The van der Waals surface area contributed by atoms with Crippen LogP contribution in [0, 0.1) is 0 Å². The van der Waals surface area contributed by atoms with E-state index in [4.69, 9.17) is 8.83 Å². The number of oxazole rings is 1. The first-order chi connectivity index (χ1) is 11.7. The molecule has 9 heteroatoms. The number of nitrogens with one attached hydrogen (secondary N) is 1. The smallest absolute Gasteiger partial charge is 0.408 e. The van der Waals surface area contributed by atoms with Crippen LogP contribution in [0.3, 0.4) is 0 Å². The monoisotopic (exact) mass is 342 g/mol. The number of hydrogen-bond acceptors (Lipinski definition) is 7. The fourth-order valence-corrected chi connectivity index (χ4v) is 2.87. The predicted octanol–water partition coefficient (Wildman–Crippen LogP) is 2.34. The van der Waals surface area contributed by atoms with Gasteiger partial charge >= 0.3 is 11.8 Å². The first-order valence-electron chi connectivity index (χ1n) is 6.95. The quantitative estimate of drug-likeness (QED) is 0.610. The molecule has 24 heavy (non-hydrogen) atoms. The molecule has 0 aliphatic heterocycles. The van der Waals surface area contributed by atoms with Crippen LogP contribution in [-0.4, -0.2) is 20.7 Å². The van der Waals surface area contributed by atoms with Crippen LogP contribution in [0.2, 0.25) is 0 Å². The molecule has 1 N–H and O–H groups in total. The number of amides is 1. The zero-order chi connectivity index (χ0) is 16.5. The van der Waals surface area contributed by atoms with Crippen molar-refractivity contribution in [2.24, 2.45) is 0 Å². The standard InChI is InChI=1S/C15H10N4O4S/c20-12(7-19-10-3-1-2-4-11(10)22-15(19)21)16-14-18-17-13(23-14)9-5-6-24-8-9/h1-6,8H,7H2,(H,16,18,20). The van der Waals surface area contributed by atoms with Gasteiger partial charge in [-0.2, -0.15) is 11.3 Å². The van der Waals surface area contributed by atoms with E-state index in [9.17, 15) is 9.59 Å². The van der Waals surface area contributed by atoms with Gasteiger partial charge in [0.05, 0.1) is 5.52 Å². The normalized spacial score (nSPS) is 11.0. The molecule has 0 atom stereocenters. The van der Waals surface area contributed by atoms with Gasteiger partial charge in [-0.3, -0.25) is 14.7 Å². The lowest BCUT2D eigenvalue weighted by Gasteiger charge is -2.01. The molecule has 0 saturated carbocycles. The van der Waals surface area contributed by atoms with Crippen molar-refractivity contribution in [2.45, 2.75) is 6.54 Å². The fourth-order valence-electron chi connectivity index (χ4n) is 2.24. The van der Waals surface area contributed by atoms with Crippen molar-refractivity contribution in [1.82, 2.24) is 14.8 Å². The third-order valence-electron chi connectivity index (χ3n) is 3.31. The Morgan fingerprint density at radius 1 is 1.21 bits per heavy atom. The SMILES string of the molecule is O=C(Cn1c(=O)oc2ccccc21)Nc1nnc(-c2ccsc2)o1. The molecule has 1 aromatic carbocycles. The minimum absolute atomic E-state index is 0.0259. The van der Waals surface area contributed by atoms with Crippen LogP contribution in [0.4, 0.5) is 6.01 Å². The van der Waals surface area contributed by atoms with Crippen LogP contribution in [0.5, 0.6) is 0 Å². The maximum atomic E-state index is 12.1. The van der Waals surface area contributed by atoms with E-state index in [-0.39, 0.29) is 12.6 Å². The Hall–Kier alpha value is -3.20. The molecule has 0 spiro atoms. The second kappa shape index (κ2) is 5.78. The van der Waals surface area contributed by atoms with Gasteiger partial charge in [0.25, 0.3) is 5.89 Å². The van der Waals surface area contributed by atoms with E-state index < -0.39 is 11.7 Å². The highest BCUT2D eigenvalue weighted by molar-refractivity contribution is 7.08. The Labute approximate surface area is 138 Å². The molecular formula is C15H10N4O4S. The molecule has 0 unspecified atom stereocenters. The minimum atomic E-state index is -0.601. The third-order valence-corrected chi connectivity index (χ3v) is 4.00. The number of nitrogens with zero attached hydrogens (tertiary/aromatic N) is 3. The van der Waals surface area contributed by atoms with Crippen molar-refractivity contribution < 1.29 is 13.6 Å². The largest absolute Gasteiger partial charge is 0.420 e. The van der Waals surface area contributed by atoms with E-state index in [0.717, 1.165) is 5.56 Å². The number of fused-ring (bicyclic) bond motifs is 1. The van der Waals surface area contributed by atoms with E-state index in [0.29, 0.717) is 17.0 Å². The lowest BCUT2D eigenvalue weighted by Crippen LogP contribution is -2.24. The number of hydrogen-bond donors (Lipinski definition) is 1. The molecule has 3 heterocycles. The second-order valence-corrected chi connectivity index (χ2v) is 5.67. The van der Waals surface area contributed by atoms with Gasteiger partial charge in [0.1, 0.15) is 6.54 Å². The molecule has 0 fully saturated rings. The first-order valence-corrected chi connectivity index (χ1v) is 7.89. The summed E-state index contributed by atoms with van der Waals surface area (Å²) in [5.74, 6) is -0.752. The summed E-state index contributed by atoms with van der Waals surface area (Å²) < 4.78 is 11.7. The lowest BCUT2D eigenvalue weighted by atomic mass is 10.3. The van der Waals surface area contributed by atoms with Gasteiger partial charge in [0, 0.05) is 10.9 Å². The van der Waals surface area contributed by atoms with Gasteiger partial charge in [-0.1, -0.05) is 17.2 Å². The lowest BCUT2D eigenvalue weighted by molar-refractivity contribution is -0.116. The Morgan fingerprint density at radius 3 is 2.92 bits per heavy atom. The maximum absolute atomic E-state index is 12.1. The molecule has 1 amide bonds. The van der Waals surface area contributed by atoms with Gasteiger partial charge in [0.2, 0.25) is 5.91 Å². The van der Waals surface area contributed by atoms with E-state index in [1.54, 1.807) is 24.3 Å². The van der Waals surface area contributed by atoms with E-state index in [2.05, 4.69) is 15.5 Å². The van der Waals surface area contributed by atoms with Crippen LogP contribution in [0.1, 0.15) is 0 Å². The predicted molar refractivity (Wildman–Crippen MR) is 86.7 cm³/mol. The van der Waals surface area contributed by atoms with Crippen molar-refractivity contribution in [2.75, 3.05) is 5.32 Å². The summed E-state index contributed by atoms with van der Waals surface area (Å²) in [6, 6.07) is 8.69. The van der Waals surface area contributed by atoms with Crippen LogP contribution in [-0.2, 0) is 11.3 Å². The summed E-state index contributed by atoms with van der Waals surface area (Å²) in [5.41, 5.74) is 1.75. The summed E-state index contributed by atoms with van der Waals surface area (Å²) in [5, 5.41) is 13.9. The van der Waals surface area contributed by atoms with Crippen LogP contribution >= 0.6 is 11.3 Å². The zero-order valence-corrected chi connectivity index (χ0v) is 12.9. The number of thiophene rings is 1. The molecule has 8 nitrogen and oxygen atoms in total. The maximum Gasteiger partial charge on any atom is 0.420 e. The highest BCUT2D eigenvalue weighted by Crippen LogP contribution is 2.22. The molecule has 120 valence electrons. The summed E-state index contributed by atoms with van der Waals surface area (Å²) in [6.07, 6.45) is 0. The van der Waals surface area contributed by atoms with Crippen LogP contribution in [0.15, 0.2) is 54.7 Å². The molecule has 0 aliphatic rings. The van der Waals surface area contributed by atoms with Crippen LogP contribution in [0.25, 0.3) is 22.6 Å². The molecule has 4 aromatic rings. The number of carbonyl (C=O) groups is 1. The minimum Gasteiger partial charge on any atom is -0.408 e. The average molecular weight is 342 g/mol. The summed E-state index contributed by atoms with van der Waals surface area (Å²) in [4.78, 5) is 24.0. The molecule has 0 radical (unpaired) electrons. The Morgan fingerprint density at radius 2 is 2.08 bits per heavy atom. The second-order valence-electron chi connectivity index (χ2n) is 4.89. The van der Waals surface area contributed by atoms with Gasteiger partial charge in [-0.25, -0.2) is 4.79 Å². The van der Waals surface area contributed by atoms with Crippen molar-refractivity contribution in [3.8, 4) is 11.5 Å². The molecule has 0 aliphatic carbocycles. The Bertz CT molecular complexity index is 1060.